The van der Waals surface area contributed by atoms with Crippen molar-refractivity contribution < 1.29 is 46.8 Å². The van der Waals surface area contributed by atoms with Crippen LogP contribution >= 0.6 is 0 Å². The first kappa shape index (κ1) is 29.8. The van der Waals surface area contributed by atoms with Crippen molar-refractivity contribution in [3.05, 3.63) is 59.7 Å². The van der Waals surface area contributed by atoms with Crippen LogP contribution in [0.5, 0.6) is 11.5 Å². The Hall–Kier alpha value is -3.17. The fourth-order valence-corrected chi connectivity index (χ4v) is 2.92. The fourth-order valence-electron chi connectivity index (χ4n) is 2.92. The first-order chi connectivity index (χ1) is 15.2. The average molecular weight is 499 g/mol. The summed E-state index contributed by atoms with van der Waals surface area (Å²) < 4.78 is 0. The Morgan fingerprint density at radius 3 is 1.30 bits per heavy atom. The molecule has 1 aliphatic rings. The molecule has 0 spiro atoms. The van der Waals surface area contributed by atoms with Crippen LogP contribution in [0.3, 0.4) is 0 Å². The number of hydrogen-bond donors (Lipinski definition) is 2. The molecule has 0 bridgehead atoms. The van der Waals surface area contributed by atoms with Crippen LogP contribution in [0.15, 0.2) is 58.5 Å². The van der Waals surface area contributed by atoms with Gasteiger partial charge in [0, 0.05) is 35.5 Å². The molecule has 179 valence electrons. The maximum Gasteiger partial charge on any atom is 2.00 e. The molecule has 0 atom stereocenters. The van der Waals surface area contributed by atoms with E-state index in [9.17, 15) is 10.2 Å². The minimum absolute atomic E-state index is 0. The van der Waals surface area contributed by atoms with E-state index in [0.717, 1.165) is 50.7 Å². The number of aliphatic carboxylic acids is 2. The second-order valence-electron chi connectivity index (χ2n) is 7.12. The van der Waals surface area contributed by atoms with Crippen LogP contribution in [0.4, 0.5) is 0 Å². The SMILES string of the molecule is CC(=O)[O-].CC(=O)[O-].Oc1ccccc1C=NC1CCC(N=Cc2ccccc2O)CC1.[Co+2]. The Balaban J connectivity index is 0.000000991. The molecule has 33 heavy (non-hydrogen) atoms. The normalized spacial score (nSPS) is 17.2. The molecular formula is C24H28CoN2O6. The summed E-state index contributed by atoms with van der Waals surface area (Å²) in [5, 5.41) is 37.3. The molecular weight excluding hydrogens is 471 g/mol. The van der Waals surface area contributed by atoms with Crippen molar-refractivity contribution >= 4 is 24.4 Å². The van der Waals surface area contributed by atoms with Crippen LogP contribution in [-0.4, -0.2) is 46.7 Å². The van der Waals surface area contributed by atoms with Gasteiger partial charge in [-0.05, 0) is 63.8 Å². The Labute approximate surface area is 203 Å². The molecule has 2 aromatic rings. The van der Waals surface area contributed by atoms with Crippen molar-refractivity contribution in [1.29, 1.82) is 0 Å². The predicted molar refractivity (Wildman–Crippen MR) is 119 cm³/mol. The third kappa shape index (κ3) is 13.8. The van der Waals surface area contributed by atoms with Crippen molar-refractivity contribution in [1.82, 2.24) is 0 Å². The molecule has 0 heterocycles. The van der Waals surface area contributed by atoms with Gasteiger partial charge in [-0.3, -0.25) is 9.98 Å². The number of hydrogen-bond acceptors (Lipinski definition) is 8. The van der Waals surface area contributed by atoms with Gasteiger partial charge < -0.3 is 30.0 Å². The number of carboxylic acids is 2. The number of para-hydroxylation sites is 2. The second kappa shape index (κ2) is 16.5. The number of carbonyl (C=O) groups is 2. The maximum absolute atomic E-state index is 9.75. The second-order valence-corrected chi connectivity index (χ2v) is 7.12. The quantitative estimate of drug-likeness (QED) is 0.609. The Bertz CT molecular complexity index is 841. The minimum atomic E-state index is -1.08. The van der Waals surface area contributed by atoms with Crippen molar-refractivity contribution in [2.45, 2.75) is 51.6 Å². The standard InChI is InChI=1S/C20H22N2O2.2C2H4O2.Co/c23-19-7-3-1-5-15(19)13-21-17-9-11-18(12-10-17)22-14-16-6-2-4-8-20(16)24;2*1-2(3)4;/h1-8,13-14,17-18,23-24H,9-12H2;2*1H3,(H,3,4);/q;;;+2/p-2. The summed E-state index contributed by atoms with van der Waals surface area (Å²) in [6, 6.07) is 15.1. The number of phenolic OH excluding ortho intramolecular Hbond substituents is 2. The summed E-state index contributed by atoms with van der Waals surface area (Å²) in [6.45, 7) is 1.94. The van der Waals surface area contributed by atoms with E-state index in [4.69, 9.17) is 19.8 Å². The number of carboxylic acid groups (broad SMARTS) is 2. The predicted octanol–water partition coefficient (Wildman–Crippen LogP) is 1.46. The summed E-state index contributed by atoms with van der Waals surface area (Å²) in [6.07, 6.45) is 7.51. The summed E-state index contributed by atoms with van der Waals surface area (Å²) in [5.74, 6) is -1.63. The van der Waals surface area contributed by atoms with Crippen molar-refractivity contribution in [2.24, 2.45) is 9.98 Å². The Morgan fingerprint density at radius 2 is 1.03 bits per heavy atom. The van der Waals surface area contributed by atoms with Gasteiger partial charge in [-0.2, -0.15) is 0 Å². The zero-order valence-electron chi connectivity index (χ0n) is 18.5. The van der Waals surface area contributed by atoms with Crippen molar-refractivity contribution in [3.8, 4) is 11.5 Å². The first-order valence-electron chi connectivity index (χ1n) is 10.2. The number of rotatable bonds is 4. The molecule has 0 aromatic heterocycles. The van der Waals surface area contributed by atoms with Crippen LogP contribution in [0.25, 0.3) is 0 Å². The summed E-state index contributed by atoms with van der Waals surface area (Å²) in [7, 11) is 0. The van der Waals surface area contributed by atoms with E-state index in [1.54, 1.807) is 36.7 Å². The third-order valence-electron chi connectivity index (χ3n) is 4.39. The van der Waals surface area contributed by atoms with Gasteiger partial charge in [0.1, 0.15) is 11.5 Å². The van der Waals surface area contributed by atoms with E-state index in [0.29, 0.717) is 12.1 Å². The smallest absolute Gasteiger partial charge is 0.550 e. The summed E-state index contributed by atoms with van der Waals surface area (Å²) in [5.41, 5.74) is 1.52. The van der Waals surface area contributed by atoms with Crippen LogP contribution in [0.1, 0.15) is 50.7 Å². The monoisotopic (exact) mass is 499 g/mol. The molecule has 8 nitrogen and oxygen atoms in total. The van der Waals surface area contributed by atoms with Crippen LogP contribution < -0.4 is 10.2 Å². The summed E-state index contributed by atoms with van der Waals surface area (Å²) >= 11 is 0. The van der Waals surface area contributed by atoms with Gasteiger partial charge in [0.25, 0.3) is 0 Å². The number of benzene rings is 2. The van der Waals surface area contributed by atoms with Crippen LogP contribution in [0, 0.1) is 0 Å². The summed E-state index contributed by atoms with van der Waals surface area (Å²) in [4.78, 5) is 27.0. The number of nitrogens with zero attached hydrogens (tertiary/aromatic N) is 2. The van der Waals surface area contributed by atoms with E-state index < -0.39 is 11.9 Å². The largest absolute Gasteiger partial charge is 2.00 e. The maximum atomic E-state index is 9.75. The molecule has 1 saturated carbocycles. The molecule has 2 aromatic carbocycles. The molecule has 0 saturated heterocycles. The molecule has 0 unspecified atom stereocenters. The molecule has 1 radical (unpaired) electrons. The Morgan fingerprint density at radius 1 is 0.758 bits per heavy atom. The zero-order valence-corrected chi connectivity index (χ0v) is 19.6. The van der Waals surface area contributed by atoms with Crippen LogP contribution in [-0.2, 0) is 26.4 Å². The molecule has 1 aliphatic carbocycles. The van der Waals surface area contributed by atoms with E-state index in [1.165, 1.54) is 0 Å². The van der Waals surface area contributed by atoms with E-state index in [-0.39, 0.29) is 28.3 Å². The van der Waals surface area contributed by atoms with Crippen LogP contribution in [0.2, 0.25) is 0 Å². The molecule has 9 heteroatoms. The molecule has 0 aliphatic heterocycles. The Kier molecular flexibility index (Phi) is 14.9. The third-order valence-corrected chi connectivity index (χ3v) is 4.39. The van der Waals surface area contributed by atoms with Gasteiger partial charge >= 0.3 is 16.8 Å². The van der Waals surface area contributed by atoms with Gasteiger partial charge in [0.05, 0.1) is 12.1 Å². The van der Waals surface area contributed by atoms with E-state index in [2.05, 4.69) is 9.98 Å². The number of phenols is 2. The van der Waals surface area contributed by atoms with Gasteiger partial charge in [-0.1, -0.05) is 24.3 Å². The van der Waals surface area contributed by atoms with Gasteiger partial charge in [-0.25, -0.2) is 0 Å². The van der Waals surface area contributed by atoms with Gasteiger partial charge in [0.15, 0.2) is 0 Å². The van der Waals surface area contributed by atoms with E-state index in [1.807, 2.05) is 24.3 Å². The van der Waals surface area contributed by atoms with Crippen molar-refractivity contribution in [2.75, 3.05) is 0 Å². The molecule has 2 N–H and O–H groups in total. The fraction of sp³-hybridized carbons (Fsp3) is 0.333. The van der Waals surface area contributed by atoms with Crippen molar-refractivity contribution in [3.63, 3.8) is 0 Å². The topological polar surface area (TPSA) is 145 Å². The average Bonchev–Trinajstić information content (AvgIpc) is 2.73. The number of aliphatic imine (C=N–C) groups is 2. The molecule has 0 amide bonds. The molecule has 1 fully saturated rings. The molecule has 3 rings (SSSR count). The van der Waals surface area contributed by atoms with E-state index >= 15 is 0 Å². The first-order valence-corrected chi connectivity index (χ1v) is 10.2. The number of carbonyl (C=O) groups excluding carboxylic acids is 2. The number of aromatic hydroxyl groups is 2. The van der Waals surface area contributed by atoms with Gasteiger partial charge in [-0.15, -0.1) is 0 Å². The van der Waals surface area contributed by atoms with Gasteiger partial charge in [0.2, 0.25) is 0 Å². The zero-order chi connectivity index (χ0) is 23.9. The minimum Gasteiger partial charge on any atom is -0.550 e.